The van der Waals surface area contributed by atoms with Crippen molar-refractivity contribution < 1.29 is 0 Å². The first kappa shape index (κ1) is 16.0. The van der Waals surface area contributed by atoms with Crippen LogP contribution in [0.3, 0.4) is 0 Å². The topological polar surface area (TPSA) is 37.8 Å². The SMILES string of the molecule is CC1CC(c2ccccc2)c2c1c(=O)[nH]c(=S)n2Cc1ccccc1. The van der Waals surface area contributed by atoms with E-state index in [2.05, 4.69) is 52.9 Å². The molecule has 1 N–H and O–H groups in total. The van der Waals surface area contributed by atoms with Crippen LogP contribution in [-0.2, 0) is 6.54 Å². The first-order valence-corrected chi connectivity index (χ1v) is 9.01. The Morgan fingerprint density at radius 2 is 1.72 bits per heavy atom. The van der Waals surface area contributed by atoms with Gasteiger partial charge in [0, 0.05) is 17.2 Å². The van der Waals surface area contributed by atoms with Crippen molar-refractivity contribution in [3.63, 3.8) is 0 Å². The number of H-pyrrole nitrogens is 1. The number of fused-ring (bicyclic) bond motifs is 1. The summed E-state index contributed by atoms with van der Waals surface area (Å²) in [5.74, 6) is 0.431. The lowest BCUT2D eigenvalue weighted by atomic mass is 9.95. The van der Waals surface area contributed by atoms with Crippen LogP contribution in [0.1, 0.15) is 47.6 Å². The molecular formula is C21H20N2OS. The van der Waals surface area contributed by atoms with Gasteiger partial charge < -0.3 is 4.57 Å². The average Bonchev–Trinajstić information content (AvgIpc) is 2.98. The minimum absolute atomic E-state index is 0.0322. The van der Waals surface area contributed by atoms with Gasteiger partial charge in [0.2, 0.25) is 0 Å². The van der Waals surface area contributed by atoms with Crippen LogP contribution in [0.2, 0.25) is 0 Å². The van der Waals surface area contributed by atoms with Gasteiger partial charge in [-0.2, -0.15) is 0 Å². The zero-order valence-electron chi connectivity index (χ0n) is 14.1. The maximum Gasteiger partial charge on any atom is 0.255 e. The van der Waals surface area contributed by atoms with Gasteiger partial charge in [0.1, 0.15) is 0 Å². The largest absolute Gasteiger partial charge is 0.317 e. The van der Waals surface area contributed by atoms with E-state index >= 15 is 0 Å². The summed E-state index contributed by atoms with van der Waals surface area (Å²) in [7, 11) is 0. The number of aromatic nitrogens is 2. The van der Waals surface area contributed by atoms with Gasteiger partial charge in [-0.3, -0.25) is 9.78 Å². The lowest BCUT2D eigenvalue weighted by Gasteiger charge is -2.19. The predicted octanol–water partition coefficient (Wildman–Crippen LogP) is 4.59. The van der Waals surface area contributed by atoms with Crippen molar-refractivity contribution in [2.45, 2.75) is 31.7 Å². The Hall–Kier alpha value is -2.46. The fraction of sp³-hybridized carbons (Fsp3) is 0.238. The molecule has 1 heterocycles. The number of rotatable bonds is 3. The molecule has 25 heavy (non-hydrogen) atoms. The minimum atomic E-state index is -0.0322. The summed E-state index contributed by atoms with van der Waals surface area (Å²) in [6, 6.07) is 20.7. The number of benzene rings is 2. The van der Waals surface area contributed by atoms with Crippen LogP contribution in [0.25, 0.3) is 0 Å². The van der Waals surface area contributed by atoms with Crippen molar-refractivity contribution in [2.75, 3.05) is 0 Å². The molecule has 1 aliphatic carbocycles. The predicted molar refractivity (Wildman–Crippen MR) is 103 cm³/mol. The van der Waals surface area contributed by atoms with E-state index in [-0.39, 0.29) is 17.4 Å². The molecular weight excluding hydrogens is 328 g/mol. The van der Waals surface area contributed by atoms with Gasteiger partial charge in [0.15, 0.2) is 4.77 Å². The van der Waals surface area contributed by atoms with Gasteiger partial charge in [-0.15, -0.1) is 0 Å². The van der Waals surface area contributed by atoms with Gasteiger partial charge in [-0.05, 0) is 35.7 Å². The molecule has 126 valence electrons. The number of nitrogens with zero attached hydrogens (tertiary/aromatic N) is 1. The van der Waals surface area contributed by atoms with E-state index in [0.717, 1.165) is 17.7 Å². The van der Waals surface area contributed by atoms with E-state index in [1.54, 1.807) is 0 Å². The monoisotopic (exact) mass is 348 g/mol. The smallest absolute Gasteiger partial charge is 0.255 e. The van der Waals surface area contributed by atoms with Gasteiger partial charge >= 0.3 is 0 Å². The van der Waals surface area contributed by atoms with Crippen molar-refractivity contribution in [1.29, 1.82) is 0 Å². The highest BCUT2D eigenvalue weighted by molar-refractivity contribution is 7.71. The molecule has 4 heteroatoms. The lowest BCUT2D eigenvalue weighted by molar-refractivity contribution is 0.644. The second-order valence-electron chi connectivity index (χ2n) is 6.73. The highest BCUT2D eigenvalue weighted by Gasteiger charge is 2.34. The standard InChI is InChI=1S/C21H20N2OS/c1-14-12-17(16-10-6-3-7-11-16)19-18(14)20(24)22-21(25)23(19)13-15-8-4-2-5-9-15/h2-11,14,17H,12-13H2,1H3,(H,22,24,25). The molecule has 0 radical (unpaired) electrons. The summed E-state index contributed by atoms with van der Waals surface area (Å²) in [5, 5.41) is 0. The van der Waals surface area contributed by atoms with Crippen molar-refractivity contribution in [3.05, 3.63) is 98.2 Å². The Bertz CT molecular complexity index is 1010. The first-order chi connectivity index (χ1) is 12.1. The van der Waals surface area contributed by atoms with Gasteiger partial charge in [0.05, 0.1) is 6.54 Å². The fourth-order valence-electron chi connectivity index (χ4n) is 3.94. The molecule has 2 atom stereocenters. The molecule has 1 aromatic heterocycles. The summed E-state index contributed by atoms with van der Waals surface area (Å²) in [6.45, 7) is 2.81. The van der Waals surface area contributed by atoms with Crippen molar-refractivity contribution in [2.24, 2.45) is 0 Å². The lowest BCUT2D eigenvalue weighted by Crippen LogP contribution is -2.22. The van der Waals surface area contributed by atoms with Crippen LogP contribution in [0.5, 0.6) is 0 Å². The summed E-state index contributed by atoms with van der Waals surface area (Å²) in [6.07, 6.45) is 0.940. The quantitative estimate of drug-likeness (QED) is 0.703. The zero-order chi connectivity index (χ0) is 17.4. The molecule has 0 aliphatic heterocycles. The Kier molecular flexibility index (Phi) is 4.14. The molecule has 3 nitrogen and oxygen atoms in total. The molecule has 3 aromatic rings. The fourth-order valence-corrected chi connectivity index (χ4v) is 4.20. The van der Waals surface area contributed by atoms with Crippen LogP contribution in [0.4, 0.5) is 0 Å². The molecule has 4 rings (SSSR count). The molecule has 1 aliphatic rings. The Labute approximate surface area is 152 Å². The van der Waals surface area contributed by atoms with Crippen molar-refractivity contribution in [3.8, 4) is 0 Å². The van der Waals surface area contributed by atoms with E-state index in [4.69, 9.17) is 12.2 Å². The summed E-state index contributed by atoms with van der Waals surface area (Å²) in [4.78, 5) is 15.5. The van der Waals surface area contributed by atoms with Gasteiger partial charge in [-0.25, -0.2) is 0 Å². The molecule has 0 saturated carbocycles. The molecule has 2 unspecified atom stereocenters. The average molecular weight is 348 g/mol. The van der Waals surface area contributed by atoms with Crippen molar-refractivity contribution >= 4 is 12.2 Å². The van der Waals surface area contributed by atoms with Crippen LogP contribution in [0.15, 0.2) is 65.5 Å². The van der Waals surface area contributed by atoms with Gasteiger partial charge in [-0.1, -0.05) is 67.6 Å². The number of hydrogen-bond acceptors (Lipinski definition) is 2. The van der Waals surface area contributed by atoms with Crippen LogP contribution >= 0.6 is 12.2 Å². The van der Waals surface area contributed by atoms with Gasteiger partial charge in [0.25, 0.3) is 5.56 Å². The second kappa shape index (κ2) is 6.45. The van der Waals surface area contributed by atoms with E-state index in [9.17, 15) is 4.79 Å². The van der Waals surface area contributed by atoms with E-state index in [1.165, 1.54) is 11.1 Å². The zero-order valence-corrected chi connectivity index (χ0v) is 14.9. The van der Waals surface area contributed by atoms with Crippen LogP contribution in [-0.4, -0.2) is 9.55 Å². The third-order valence-electron chi connectivity index (χ3n) is 5.07. The summed E-state index contributed by atoms with van der Waals surface area (Å²) < 4.78 is 2.62. The highest BCUT2D eigenvalue weighted by atomic mass is 32.1. The third kappa shape index (κ3) is 2.87. The maximum absolute atomic E-state index is 12.6. The second-order valence-corrected chi connectivity index (χ2v) is 7.12. The normalized spacial score (nSPS) is 18.9. The Morgan fingerprint density at radius 3 is 2.40 bits per heavy atom. The van der Waals surface area contributed by atoms with E-state index in [1.807, 2.05) is 24.3 Å². The van der Waals surface area contributed by atoms with Crippen LogP contribution in [0, 0.1) is 4.77 Å². The summed E-state index contributed by atoms with van der Waals surface area (Å²) >= 11 is 5.53. The van der Waals surface area contributed by atoms with E-state index in [0.29, 0.717) is 11.3 Å². The van der Waals surface area contributed by atoms with E-state index < -0.39 is 0 Å². The minimum Gasteiger partial charge on any atom is -0.317 e. The summed E-state index contributed by atoms with van der Waals surface area (Å²) in [5.41, 5.74) is 4.36. The molecule has 2 aromatic carbocycles. The number of hydrogen-bond donors (Lipinski definition) is 1. The Morgan fingerprint density at radius 1 is 1.08 bits per heavy atom. The third-order valence-corrected chi connectivity index (χ3v) is 5.40. The van der Waals surface area contributed by atoms with Crippen LogP contribution < -0.4 is 5.56 Å². The Balaban J connectivity index is 1.92. The number of aromatic amines is 1. The molecule has 0 bridgehead atoms. The first-order valence-electron chi connectivity index (χ1n) is 8.61. The molecule has 0 amide bonds. The molecule has 0 spiro atoms. The molecule has 0 saturated heterocycles. The number of nitrogens with one attached hydrogen (secondary N) is 1. The molecule has 0 fully saturated rings. The highest BCUT2D eigenvalue weighted by Crippen LogP contribution is 2.43. The maximum atomic E-state index is 12.6. The van der Waals surface area contributed by atoms with Crippen molar-refractivity contribution in [1.82, 2.24) is 9.55 Å².